The largest absolute Gasteiger partial charge is 0.376 e. The second-order valence-corrected chi connectivity index (χ2v) is 5.34. The second kappa shape index (κ2) is 7.76. The van der Waals surface area contributed by atoms with Crippen LogP contribution in [0.5, 0.6) is 0 Å². The lowest BCUT2D eigenvalue weighted by Gasteiger charge is -2.29. The van der Waals surface area contributed by atoms with E-state index in [0.717, 1.165) is 25.0 Å². The Bertz CT molecular complexity index is 384. The number of hydrogen-bond donors (Lipinski definition) is 1. The lowest BCUT2D eigenvalue weighted by atomic mass is 10.1. The Morgan fingerprint density at radius 3 is 2.80 bits per heavy atom. The van der Waals surface area contributed by atoms with E-state index < -0.39 is 0 Å². The number of hydrogen-bond acceptors (Lipinski definition) is 4. The van der Waals surface area contributed by atoms with Gasteiger partial charge in [0.05, 0.1) is 37.7 Å². The summed E-state index contributed by atoms with van der Waals surface area (Å²) in [5, 5.41) is 8.05. The van der Waals surface area contributed by atoms with E-state index in [-0.39, 0.29) is 12.1 Å². The van der Waals surface area contributed by atoms with Crippen molar-refractivity contribution in [3.8, 4) is 0 Å². The summed E-state index contributed by atoms with van der Waals surface area (Å²) >= 11 is 0. The first-order chi connectivity index (χ1) is 9.78. The van der Waals surface area contributed by atoms with E-state index in [1.54, 1.807) is 0 Å². The maximum Gasteiger partial charge on any atom is 0.0965 e. The highest BCUT2D eigenvalue weighted by Crippen LogP contribution is 2.16. The van der Waals surface area contributed by atoms with Gasteiger partial charge in [0.25, 0.3) is 0 Å². The van der Waals surface area contributed by atoms with Crippen molar-refractivity contribution in [2.75, 3.05) is 26.9 Å². The fourth-order valence-electron chi connectivity index (χ4n) is 2.74. The van der Waals surface area contributed by atoms with Crippen molar-refractivity contribution in [2.45, 2.75) is 51.3 Å². The molecule has 0 saturated carbocycles. The minimum atomic E-state index is 0.118. The van der Waals surface area contributed by atoms with Crippen LogP contribution in [-0.4, -0.2) is 48.8 Å². The molecule has 1 aromatic rings. The average Bonchev–Trinajstić information content (AvgIpc) is 2.95. The minimum Gasteiger partial charge on any atom is -0.376 e. The van der Waals surface area contributed by atoms with Gasteiger partial charge in [-0.3, -0.25) is 4.68 Å². The zero-order valence-electron chi connectivity index (χ0n) is 12.8. The summed E-state index contributed by atoms with van der Waals surface area (Å²) in [7, 11) is 1.97. The predicted molar refractivity (Wildman–Crippen MR) is 79.0 cm³/mol. The Labute approximate surface area is 121 Å². The fraction of sp³-hybridized carbons (Fsp3) is 0.800. The highest BCUT2D eigenvalue weighted by molar-refractivity contribution is 5.03. The van der Waals surface area contributed by atoms with Crippen molar-refractivity contribution >= 4 is 0 Å². The number of ether oxygens (including phenoxy) is 2. The molecule has 0 aromatic carbocycles. The van der Waals surface area contributed by atoms with Gasteiger partial charge < -0.3 is 14.8 Å². The molecule has 2 unspecified atom stereocenters. The molecule has 1 aliphatic heterocycles. The number of nitrogens with zero attached hydrogens (tertiary/aromatic N) is 2. The molecule has 0 amide bonds. The van der Waals surface area contributed by atoms with Gasteiger partial charge in [0.15, 0.2) is 0 Å². The summed E-state index contributed by atoms with van der Waals surface area (Å²) in [5.74, 6) is 0. The van der Waals surface area contributed by atoms with E-state index in [1.165, 1.54) is 0 Å². The monoisotopic (exact) mass is 281 g/mol. The summed E-state index contributed by atoms with van der Waals surface area (Å²) in [4.78, 5) is 0. The van der Waals surface area contributed by atoms with Crippen LogP contribution in [0.3, 0.4) is 0 Å². The van der Waals surface area contributed by atoms with Crippen LogP contribution in [0.15, 0.2) is 12.3 Å². The maximum absolute atomic E-state index is 5.78. The lowest BCUT2D eigenvalue weighted by molar-refractivity contribution is -0.100. The van der Waals surface area contributed by atoms with E-state index >= 15 is 0 Å². The van der Waals surface area contributed by atoms with Gasteiger partial charge in [0.1, 0.15) is 0 Å². The normalized spacial score (nSPS) is 21.3. The zero-order valence-corrected chi connectivity index (χ0v) is 12.8. The van der Waals surface area contributed by atoms with Crippen LogP contribution in [0.25, 0.3) is 0 Å². The first-order valence-corrected chi connectivity index (χ1v) is 7.69. The smallest absolute Gasteiger partial charge is 0.0965 e. The third-order valence-electron chi connectivity index (χ3n) is 4.07. The van der Waals surface area contributed by atoms with Gasteiger partial charge in [-0.05, 0) is 26.0 Å². The van der Waals surface area contributed by atoms with Gasteiger partial charge in [0.2, 0.25) is 0 Å². The van der Waals surface area contributed by atoms with Crippen molar-refractivity contribution in [3.63, 3.8) is 0 Å². The molecule has 1 saturated heterocycles. The molecule has 1 aromatic heterocycles. The molecule has 5 heteroatoms. The molecule has 0 aliphatic carbocycles. The Kier molecular flexibility index (Phi) is 6.01. The third kappa shape index (κ3) is 3.81. The van der Waals surface area contributed by atoms with Crippen LogP contribution in [0, 0.1) is 0 Å². The van der Waals surface area contributed by atoms with E-state index in [1.807, 2.05) is 7.05 Å². The molecule has 20 heavy (non-hydrogen) atoms. The molecule has 5 nitrogen and oxygen atoms in total. The molecule has 0 bridgehead atoms. The van der Waals surface area contributed by atoms with Crippen molar-refractivity contribution in [2.24, 2.45) is 0 Å². The van der Waals surface area contributed by atoms with Crippen LogP contribution < -0.4 is 5.32 Å². The first-order valence-electron chi connectivity index (χ1n) is 7.69. The van der Waals surface area contributed by atoms with Crippen molar-refractivity contribution in [1.82, 2.24) is 15.1 Å². The molecular formula is C15H27N3O2. The maximum atomic E-state index is 5.78. The summed E-state index contributed by atoms with van der Waals surface area (Å²) in [6.45, 7) is 6.47. The fourth-order valence-corrected chi connectivity index (χ4v) is 2.74. The Balaban J connectivity index is 1.96. The SMILES string of the molecule is CCC(CC)n1ccc(CC(NC)C2COCCO2)n1. The zero-order chi connectivity index (χ0) is 14.4. The van der Waals surface area contributed by atoms with Crippen LogP contribution in [0.4, 0.5) is 0 Å². The summed E-state index contributed by atoms with van der Waals surface area (Å²) < 4.78 is 13.4. The van der Waals surface area contributed by atoms with Crippen molar-refractivity contribution in [3.05, 3.63) is 18.0 Å². The second-order valence-electron chi connectivity index (χ2n) is 5.34. The van der Waals surface area contributed by atoms with Crippen LogP contribution in [0.2, 0.25) is 0 Å². The highest BCUT2D eigenvalue weighted by Gasteiger charge is 2.25. The molecule has 1 aliphatic rings. The van der Waals surface area contributed by atoms with E-state index in [2.05, 4.69) is 36.1 Å². The molecule has 2 rings (SSSR count). The quantitative estimate of drug-likeness (QED) is 0.828. The molecule has 114 valence electrons. The molecule has 1 fully saturated rings. The van der Waals surface area contributed by atoms with Gasteiger partial charge in [0, 0.05) is 18.7 Å². The molecule has 0 radical (unpaired) electrons. The van der Waals surface area contributed by atoms with Crippen LogP contribution in [-0.2, 0) is 15.9 Å². The van der Waals surface area contributed by atoms with Gasteiger partial charge in [-0.2, -0.15) is 5.10 Å². The minimum absolute atomic E-state index is 0.118. The first kappa shape index (κ1) is 15.5. The Morgan fingerprint density at radius 2 is 2.20 bits per heavy atom. The molecule has 1 N–H and O–H groups in total. The van der Waals surface area contributed by atoms with E-state index in [9.17, 15) is 0 Å². The highest BCUT2D eigenvalue weighted by atomic mass is 16.6. The van der Waals surface area contributed by atoms with Crippen LogP contribution >= 0.6 is 0 Å². The summed E-state index contributed by atoms with van der Waals surface area (Å²) in [6.07, 6.45) is 5.32. The number of likely N-dealkylation sites (N-methyl/N-ethyl adjacent to an activating group) is 1. The molecule has 2 atom stereocenters. The summed E-state index contributed by atoms with van der Waals surface area (Å²) in [6, 6.07) is 2.87. The van der Waals surface area contributed by atoms with Crippen molar-refractivity contribution < 1.29 is 9.47 Å². The molecular weight excluding hydrogens is 254 g/mol. The van der Waals surface area contributed by atoms with Gasteiger partial charge >= 0.3 is 0 Å². The van der Waals surface area contributed by atoms with Gasteiger partial charge in [-0.25, -0.2) is 0 Å². The van der Waals surface area contributed by atoms with E-state index in [0.29, 0.717) is 25.9 Å². The standard InChI is InChI=1S/C15H27N3O2/c1-4-13(5-2)18-7-6-12(17-18)10-14(16-3)15-11-19-8-9-20-15/h6-7,13-16H,4-5,8-11H2,1-3H3. The van der Waals surface area contributed by atoms with Crippen LogP contribution in [0.1, 0.15) is 38.4 Å². The van der Waals surface area contributed by atoms with Gasteiger partial charge in [-0.15, -0.1) is 0 Å². The number of aromatic nitrogens is 2. The molecule has 0 spiro atoms. The average molecular weight is 281 g/mol. The topological polar surface area (TPSA) is 48.3 Å². The van der Waals surface area contributed by atoms with Gasteiger partial charge in [-0.1, -0.05) is 13.8 Å². The summed E-state index contributed by atoms with van der Waals surface area (Å²) in [5.41, 5.74) is 1.12. The molecule has 2 heterocycles. The Morgan fingerprint density at radius 1 is 1.40 bits per heavy atom. The third-order valence-corrected chi connectivity index (χ3v) is 4.07. The number of rotatable bonds is 7. The van der Waals surface area contributed by atoms with E-state index in [4.69, 9.17) is 14.6 Å². The van der Waals surface area contributed by atoms with Crippen molar-refractivity contribution in [1.29, 1.82) is 0 Å². The number of nitrogens with one attached hydrogen (secondary N) is 1. The predicted octanol–water partition coefficient (Wildman–Crippen LogP) is 1.79. The lowest BCUT2D eigenvalue weighted by Crippen LogP contribution is -2.46. The Hall–Kier alpha value is -0.910.